The molecule has 4 rings (SSSR count). The highest BCUT2D eigenvalue weighted by atomic mass is 32.2. The molecule has 1 aliphatic rings. The molecule has 0 N–H and O–H groups in total. The second-order valence-electron chi connectivity index (χ2n) is 6.95. The third-order valence-corrected chi connectivity index (χ3v) is 6.18. The molecule has 1 saturated heterocycles. The Morgan fingerprint density at radius 2 is 1.69 bits per heavy atom. The van der Waals surface area contributed by atoms with Crippen LogP contribution in [0.25, 0.3) is 0 Å². The number of hydrogen-bond acceptors (Lipinski definition) is 5. The molecule has 0 bridgehead atoms. The quantitative estimate of drug-likeness (QED) is 0.586. The predicted octanol–water partition coefficient (Wildman–Crippen LogP) is 3.33. The van der Waals surface area contributed by atoms with E-state index in [9.17, 15) is 4.79 Å². The second kappa shape index (κ2) is 9.24. The summed E-state index contributed by atoms with van der Waals surface area (Å²) in [5, 5.41) is 9.05. The minimum absolute atomic E-state index is 0.0939. The van der Waals surface area contributed by atoms with Gasteiger partial charge in [-0.1, -0.05) is 72.4 Å². The molecule has 3 aromatic rings. The van der Waals surface area contributed by atoms with Crippen LogP contribution in [0.2, 0.25) is 0 Å². The Hall–Kier alpha value is -2.64. The summed E-state index contributed by atoms with van der Waals surface area (Å²) < 4.78 is 7.49. The van der Waals surface area contributed by atoms with Crippen molar-refractivity contribution in [2.45, 2.75) is 23.9 Å². The Morgan fingerprint density at radius 1 is 1.03 bits per heavy atom. The summed E-state index contributed by atoms with van der Waals surface area (Å²) in [6, 6.07) is 20.1. The average Bonchev–Trinajstić information content (AvgIpc) is 3.12. The van der Waals surface area contributed by atoms with Crippen LogP contribution in [0.15, 0.2) is 65.8 Å². The highest BCUT2D eigenvalue weighted by molar-refractivity contribution is 8.00. The van der Waals surface area contributed by atoms with Crippen molar-refractivity contribution in [2.24, 2.45) is 0 Å². The molecule has 2 heterocycles. The van der Waals surface area contributed by atoms with E-state index in [0.29, 0.717) is 32.8 Å². The van der Waals surface area contributed by atoms with Gasteiger partial charge in [0.15, 0.2) is 5.16 Å². The number of aromatic nitrogens is 3. The molecule has 1 atom stereocenters. The van der Waals surface area contributed by atoms with Gasteiger partial charge < -0.3 is 14.2 Å². The maximum absolute atomic E-state index is 13.4. The van der Waals surface area contributed by atoms with Gasteiger partial charge in [0.2, 0.25) is 5.91 Å². The smallest absolute Gasteiger partial charge is 0.240 e. The van der Waals surface area contributed by atoms with E-state index in [1.165, 1.54) is 17.3 Å². The largest absolute Gasteiger partial charge is 0.378 e. The van der Waals surface area contributed by atoms with Crippen molar-refractivity contribution in [3.05, 3.63) is 77.6 Å². The van der Waals surface area contributed by atoms with E-state index in [2.05, 4.69) is 26.9 Å². The fourth-order valence-corrected chi connectivity index (χ4v) is 4.51. The number of morpholine rings is 1. The lowest BCUT2D eigenvalue weighted by Gasteiger charge is -2.30. The minimum atomic E-state index is -0.368. The van der Waals surface area contributed by atoms with Crippen molar-refractivity contribution in [1.29, 1.82) is 0 Å². The summed E-state index contributed by atoms with van der Waals surface area (Å²) in [6.45, 7) is 5.04. The first kappa shape index (κ1) is 19.7. The van der Waals surface area contributed by atoms with E-state index in [4.69, 9.17) is 4.74 Å². The van der Waals surface area contributed by atoms with Gasteiger partial charge in [0.1, 0.15) is 11.1 Å². The summed E-state index contributed by atoms with van der Waals surface area (Å²) in [7, 11) is 0. The number of hydrogen-bond donors (Lipinski definition) is 0. The number of rotatable bonds is 6. The van der Waals surface area contributed by atoms with Gasteiger partial charge in [0.05, 0.1) is 19.8 Å². The molecule has 0 spiro atoms. The lowest BCUT2D eigenvalue weighted by atomic mass is 10.1. The van der Waals surface area contributed by atoms with Crippen LogP contribution in [0.4, 0.5) is 0 Å². The molecule has 1 unspecified atom stereocenters. The Bertz CT molecular complexity index is 940. The molecular weight excluding hydrogens is 384 g/mol. The monoisotopic (exact) mass is 408 g/mol. The van der Waals surface area contributed by atoms with E-state index in [1.807, 2.05) is 60.4 Å². The van der Waals surface area contributed by atoms with Crippen molar-refractivity contribution < 1.29 is 9.53 Å². The van der Waals surface area contributed by atoms with Crippen LogP contribution in [0.5, 0.6) is 0 Å². The molecule has 7 heteroatoms. The van der Waals surface area contributed by atoms with Crippen LogP contribution in [-0.2, 0) is 16.1 Å². The molecular formula is C22H24N4O2S. The maximum atomic E-state index is 13.4. The third kappa shape index (κ3) is 4.68. The number of nitrogens with zero attached hydrogens (tertiary/aromatic N) is 4. The van der Waals surface area contributed by atoms with Crippen molar-refractivity contribution in [3.8, 4) is 0 Å². The fourth-order valence-electron chi connectivity index (χ4n) is 3.34. The number of thioether (sulfide) groups is 1. The van der Waals surface area contributed by atoms with Gasteiger partial charge in [-0.25, -0.2) is 0 Å². The minimum Gasteiger partial charge on any atom is -0.378 e. The van der Waals surface area contributed by atoms with Gasteiger partial charge in [-0.3, -0.25) is 4.79 Å². The van der Waals surface area contributed by atoms with Gasteiger partial charge in [0, 0.05) is 13.1 Å². The van der Waals surface area contributed by atoms with Gasteiger partial charge in [-0.05, 0) is 18.1 Å². The fraction of sp³-hybridized carbons (Fsp3) is 0.318. The number of ether oxygens (including phenoxy) is 1. The van der Waals surface area contributed by atoms with Crippen molar-refractivity contribution in [3.63, 3.8) is 0 Å². The summed E-state index contributed by atoms with van der Waals surface area (Å²) >= 11 is 1.47. The zero-order valence-corrected chi connectivity index (χ0v) is 17.2. The molecule has 1 aromatic heterocycles. The zero-order chi connectivity index (χ0) is 20.1. The lowest BCUT2D eigenvalue weighted by Crippen LogP contribution is -2.42. The summed E-state index contributed by atoms with van der Waals surface area (Å²) in [6.07, 6.45) is 0. The van der Waals surface area contributed by atoms with Crippen LogP contribution < -0.4 is 0 Å². The molecule has 150 valence electrons. The van der Waals surface area contributed by atoms with E-state index < -0.39 is 0 Å². The summed E-state index contributed by atoms with van der Waals surface area (Å²) in [5.41, 5.74) is 2.15. The molecule has 1 amide bonds. The normalized spacial score (nSPS) is 15.3. The Labute approximate surface area is 174 Å². The number of carbonyl (C=O) groups is 1. The molecule has 0 radical (unpaired) electrons. The number of benzene rings is 2. The third-order valence-electron chi connectivity index (χ3n) is 4.96. The molecule has 2 aromatic carbocycles. The Balaban J connectivity index is 1.62. The molecule has 0 saturated carbocycles. The van der Waals surface area contributed by atoms with E-state index in [1.54, 1.807) is 0 Å². The SMILES string of the molecule is Cc1nnc(SC(C(=O)N2CCOCC2)c2ccccc2)n1Cc1ccccc1. The van der Waals surface area contributed by atoms with Crippen molar-refractivity contribution in [1.82, 2.24) is 19.7 Å². The Kier molecular flexibility index (Phi) is 6.27. The van der Waals surface area contributed by atoms with Crippen molar-refractivity contribution >= 4 is 17.7 Å². The van der Waals surface area contributed by atoms with Crippen LogP contribution in [0, 0.1) is 6.92 Å². The van der Waals surface area contributed by atoms with Crippen LogP contribution in [0.1, 0.15) is 22.2 Å². The molecule has 1 fully saturated rings. The maximum Gasteiger partial charge on any atom is 0.240 e. The predicted molar refractivity (Wildman–Crippen MR) is 113 cm³/mol. The first-order valence-corrected chi connectivity index (χ1v) is 10.6. The molecule has 6 nitrogen and oxygen atoms in total. The Morgan fingerprint density at radius 3 is 2.38 bits per heavy atom. The van der Waals surface area contributed by atoms with Crippen LogP contribution >= 0.6 is 11.8 Å². The van der Waals surface area contributed by atoms with Crippen LogP contribution in [-0.4, -0.2) is 51.9 Å². The zero-order valence-electron chi connectivity index (χ0n) is 16.4. The van der Waals surface area contributed by atoms with E-state index in [-0.39, 0.29) is 11.2 Å². The highest BCUT2D eigenvalue weighted by Gasteiger charge is 2.30. The number of carbonyl (C=O) groups excluding carboxylic acids is 1. The standard InChI is InChI=1S/C22H24N4O2S/c1-17-23-24-22(26(17)16-18-8-4-2-5-9-18)29-20(19-10-6-3-7-11-19)21(27)25-12-14-28-15-13-25/h2-11,20H,12-16H2,1H3. The van der Waals surface area contributed by atoms with E-state index in [0.717, 1.165) is 16.5 Å². The van der Waals surface area contributed by atoms with Gasteiger partial charge >= 0.3 is 0 Å². The lowest BCUT2D eigenvalue weighted by molar-refractivity contribution is -0.134. The van der Waals surface area contributed by atoms with Crippen LogP contribution in [0.3, 0.4) is 0 Å². The first-order chi connectivity index (χ1) is 14.2. The molecule has 29 heavy (non-hydrogen) atoms. The van der Waals surface area contributed by atoms with Gasteiger partial charge in [0.25, 0.3) is 0 Å². The van der Waals surface area contributed by atoms with Gasteiger partial charge in [-0.15, -0.1) is 10.2 Å². The molecule has 0 aliphatic carbocycles. The second-order valence-corrected chi connectivity index (χ2v) is 8.02. The molecule has 1 aliphatic heterocycles. The number of aryl methyl sites for hydroxylation is 1. The summed E-state index contributed by atoms with van der Waals surface area (Å²) in [5.74, 6) is 0.929. The van der Waals surface area contributed by atoms with Crippen molar-refractivity contribution in [2.75, 3.05) is 26.3 Å². The number of amides is 1. The topological polar surface area (TPSA) is 60.3 Å². The highest BCUT2D eigenvalue weighted by Crippen LogP contribution is 2.36. The average molecular weight is 409 g/mol. The van der Waals surface area contributed by atoms with E-state index >= 15 is 0 Å². The first-order valence-electron chi connectivity index (χ1n) is 9.74. The van der Waals surface area contributed by atoms with Gasteiger partial charge in [-0.2, -0.15) is 0 Å². The summed E-state index contributed by atoms with van der Waals surface area (Å²) in [4.78, 5) is 15.3.